The van der Waals surface area contributed by atoms with E-state index in [2.05, 4.69) is 29.2 Å². The van der Waals surface area contributed by atoms with Crippen molar-refractivity contribution in [2.45, 2.75) is 46.7 Å². The van der Waals surface area contributed by atoms with E-state index >= 15 is 0 Å². The average molecular weight is 368 g/mol. The van der Waals surface area contributed by atoms with E-state index in [0.29, 0.717) is 29.3 Å². The molecule has 27 heavy (non-hydrogen) atoms. The Balaban J connectivity index is 1.72. The minimum Gasteiger partial charge on any atom is -0.435 e. The first-order chi connectivity index (χ1) is 12.8. The van der Waals surface area contributed by atoms with E-state index < -0.39 is 0 Å². The van der Waals surface area contributed by atoms with E-state index in [1.165, 1.54) is 4.68 Å². The number of hydrogen-bond donors (Lipinski definition) is 1. The fourth-order valence-corrected chi connectivity index (χ4v) is 2.95. The third kappa shape index (κ3) is 4.24. The Bertz CT molecular complexity index is 1020. The number of carbonyl (C=O) groups excluding carboxylic acids is 1. The molecular weight excluding hydrogens is 344 g/mol. The molecule has 2 heterocycles. The van der Waals surface area contributed by atoms with Crippen LogP contribution in [0, 0.1) is 12.8 Å². The normalized spacial score (nSPS) is 12.5. The SMILES string of the molecule is Cc1nc(CC(C)C)oc1C(=O)NC(C)Cn1ncc2ccccc2c1=O. The van der Waals surface area contributed by atoms with Crippen LogP contribution in [0.2, 0.25) is 0 Å². The molecule has 7 nitrogen and oxygen atoms in total. The summed E-state index contributed by atoms with van der Waals surface area (Å²) in [5.41, 5.74) is 0.389. The molecule has 1 aromatic carbocycles. The summed E-state index contributed by atoms with van der Waals surface area (Å²) >= 11 is 0. The molecule has 142 valence electrons. The van der Waals surface area contributed by atoms with Crippen LogP contribution in [-0.2, 0) is 13.0 Å². The van der Waals surface area contributed by atoms with E-state index in [4.69, 9.17) is 4.42 Å². The molecule has 7 heteroatoms. The van der Waals surface area contributed by atoms with Gasteiger partial charge in [0, 0.05) is 17.8 Å². The van der Waals surface area contributed by atoms with Crippen molar-refractivity contribution in [1.29, 1.82) is 0 Å². The van der Waals surface area contributed by atoms with Gasteiger partial charge < -0.3 is 9.73 Å². The van der Waals surface area contributed by atoms with E-state index in [0.717, 1.165) is 5.39 Å². The summed E-state index contributed by atoms with van der Waals surface area (Å²) in [6.07, 6.45) is 2.34. The second kappa shape index (κ2) is 7.73. The second-order valence-corrected chi connectivity index (χ2v) is 7.21. The van der Waals surface area contributed by atoms with E-state index in [1.807, 2.05) is 25.1 Å². The minimum atomic E-state index is -0.337. The van der Waals surface area contributed by atoms with Crippen LogP contribution in [0.4, 0.5) is 0 Å². The summed E-state index contributed by atoms with van der Waals surface area (Å²) in [6, 6.07) is 7.00. The standard InChI is InChI=1S/C20H24N4O3/c1-12(2)9-17-23-14(4)18(27-17)19(25)22-13(3)11-24-20(26)16-8-6-5-7-15(16)10-21-24/h5-8,10,12-13H,9,11H2,1-4H3,(H,22,25). The van der Waals surface area contributed by atoms with Crippen LogP contribution in [0.25, 0.3) is 10.8 Å². The Morgan fingerprint density at radius 3 is 2.74 bits per heavy atom. The molecule has 0 fully saturated rings. The number of nitrogens with zero attached hydrogens (tertiary/aromatic N) is 3. The number of amides is 1. The molecular formula is C20H24N4O3. The zero-order valence-electron chi connectivity index (χ0n) is 16.0. The number of carbonyl (C=O) groups is 1. The summed E-state index contributed by atoms with van der Waals surface area (Å²) in [5, 5.41) is 8.46. The number of nitrogens with one attached hydrogen (secondary N) is 1. The van der Waals surface area contributed by atoms with E-state index in [1.54, 1.807) is 19.2 Å². The summed E-state index contributed by atoms with van der Waals surface area (Å²) < 4.78 is 6.98. The van der Waals surface area contributed by atoms with Gasteiger partial charge in [-0.25, -0.2) is 9.67 Å². The highest BCUT2D eigenvalue weighted by molar-refractivity contribution is 5.92. The maximum absolute atomic E-state index is 12.5. The predicted molar refractivity (Wildman–Crippen MR) is 103 cm³/mol. The smallest absolute Gasteiger partial charge is 0.289 e. The molecule has 2 aromatic heterocycles. The maximum Gasteiger partial charge on any atom is 0.289 e. The van der Waals surface area contributed by atoms with Crippen molar-refractivity contribution >= 4 is 16.7 Å². The minimum absolute atomic E-state index is 0.177. The molecule has 0 bridgehead atoms. The number of hydrogen-bond acceptors (Lipinski definition) is 5. The van der Waals surface area contributed by atoms with Crippen molar-refractivity contribution in [3.05, 3.63) is 58.2 Å². The first-order valence-corrected chi connectivity index (χ1v) is 9.07. The first-order valence-electron chi connectivity index (χ1n) is 9.07. The Hall–Kier alpha value is -2.96. The molecule has 1 amide bonds. The van der Waals surface area contributed by atoms with Crippen LogP contribution in [-0.4, -0.2) is 26.7 Å². The number of benzene rings is 1. The lowest BCUT2D eigenvalue weighted by Gasteiger charge is -2.14. The molecule has 1 unspecified atom stereocenters. The highest BCUT2D eigenvalue weighted by Crippen LogP contribution is 2.14. The van der Waals surface area contributed by atoms with Gasteiger partial charge in [-0.3, -0.25) is 9.59 Å². The Morgan fingerprint density at radius 1 is 1.26 bits per heavy atom. The van der Waals surface area contributed by atoms with Crippen LogP contribution >= 0.6 is 0 Å². The molecule has 3 rings (SSSR count). The van der Waals surface area contributed by atoms with Gasteiger partial charge in [0.2, 0.25) is 5.76 Å². The molecule has 0 spiro atoms. The molecule has 0 aliphatic heterocycles. The number of fused-ring (bicyclic) bond motifs is 1. The van der Waals surface area contributed by atoms with Gasteiger partial charge in [0.05, 0.1) is 23.8 Å². The first kappa shape index (κ1) is 18.8. The zero-order valence-corrected chi connectivity index (χ0v) is 16.0. The largest absolute Gasteiger partial charge is 0.435 e. The number of aryl methyl sites for hydroxylation is 1. The molecule has 0 radical (unpaired) electrons. The summed E-state index contributed by atoms with van der Waals surface area (Å²) in [6.45, 7) is 7.97. The van der Waals surface area contributed by atoms with Crippen molar-refractivity contribution in [3.63, 3.8) is 0 Å². The van der Waals surface area contributed by atoms with Crippen LogP contribution < -0.4 is 10.9 Å². The van der Waals surface area contributed by atoms with Gasteiger partial charge in [-0.2, -0.15) is 5.10 Å². The highest BCUT2D eigenvalue weighted by atomic mass is 16.4. The van der Waals surface area contributed by atoms with E-state index in [-0.39, 0.29) is 29.8 Å². The lowest BCUT2D eigenvalue weighted by molar-refractivity contribution is 0.0904. The van der Waals surface area contributed by atoms with Gasteiger partial charge in [0.1, 0.15) is 0 Å². The molecule has 1 atom stereocenters. The van der Waals surface area contributed by atoms with Crippen molar-refractivity contribution in [2.75, 3.05) is 0 Å². The summed E-state index contributed by atoms with van der Waals surface area (Å²) in [4.78, 5) is 29.4. The Morgan fingerprint density at radius 2 is 2.00 bits per heavy atom. The quantitative estimate of drug-likeness (QED) is 0.722. The van der Waals surface area contributed by atoms with E-state index in [9.17, 15) is 9.59 Å². The molecule has 3 aromatic rings. The lowest BCUT2D eigenvalue weighted by atomic mass is 10.1. The maximum atomic E-state index is 12.5. The molecule has 0 saturated carbocycles. The van der Waals surface area contributed by atoms with Crippen molar-refractivity contribution in [2.24, 2.45) is 5.92 Å². The van der Waals surface area contributed by atoms with Gasteiger partial charge in [0.15, 0.2) is 5.89 Å². The van der Waals surface area contributed by atoms with Crippen LogP contribution in [0.15, 0.2) is 39.7 Å². The topological polar surface area (TPSA) is 90.0 Å². The number of oxazole rings is 1. The van der Waals surface area contributed by atoms with Crippen molar-refractivity contribution in [3.8, 4) is 0 Å². The van der Waals surface area contributed by atoms with Gasteiger partial charge in [-0.05, 0) is 25.8 Å². The van der Waals surface area contributed by atoms with Crippen LogP contribution in [0.1, 0.15) is 42.9 Å². The fourth-order valence-electron chi connectivity index (χ4n) is 2.95. The fraction of sp³-hybridized carbons (Fsp3) is 0.400. The van der Waals surface area contributed by atoms with Gasteiger partial charge in [-0.1, -0.05) is 32.0 Å². The van der Waals surface area contributed by atoms with Crippen LogP contribution in [0.3, 0.4) is 0 Å². The third-order valence-corrected chi connectivity index (χ3v) is 4.22. The molecule has 0 saturated heterocycles. The summed E-state index contributed by atoms with van der Waals surface area (Å²) in [5.74, 6) is 0.837. The molecule has 1 N–H and O–H groups in total. The molecule has 0 aliphatic rings. The zero-order chi connectivity index (χ0) is 19.6. The highest BCUT2D eigenvalue weighted by Gasteiger charge is 2.20. The second-order valence-electron chi connectivity index (χ2n) is 7.21. The average Bonchev–Trinajstić information content (AvgIpc) is 2.97. The third-order valence-electron chi connectivity index (χ3n) is 4.22. The van der Waals surface area contributed by atoms with Crippen molar-refractivity contribution in [1.82, 2.24) is 20.1 Å². The number of aromatic nitrogens is 3. The monoisotopic (exact) mass is 368 g/mol. The summed E-state index contributed by atoms with van der Waals surface area (Å²) in [7, 11) is 0. The lowest BCUT2D eigenvalue weighted by Crippen LogP contribution is -2.39. The van der Waals surface area contributed by atoms with Gasteiger partial charge in [0.25, 0.3) is 11.5 Å². The van der Waals surface area contributed by atoms with Gasteiger partial charge >= 0.3 is 0 Å². The van der Waals surface area contributed by atoms with Gasteiger partial charge in [-0.15, -0.1) is 0 Å². The Kier molecular flexibility index (Phi) is 5.39. The molecule has 0 aliphatic carbocycles. The van der Waals surface area contributed by atoms with Crippen LogP contribution in [0.5, 0.6) is 0 Å². The Labute approximate surface area is 157 Å². The number of rotatable bonds is 6. The predicted octanol–water partition coefficient (Wildman–Crippen LogP) is 2.71. The van der Waals surface area contributed by atoms with Crippen molar-refractivity contribution < 1.29 is 9.21 Å².